The molecule has 0 spiro atoms. The number of nitrogens with zero attached hydrogens (tertiary/aromatic N) is 2. The summed E-state index contributed by atoms with van der Waals surface area (Å²) >= 11 is 1.58. The van der Waals surface area contributed by atoms with Crippen LogP contribution in [-0.4, -0.2) is 23.6 Å². The minimum absolute atomic E-state index is 0.146. The number of nitrogens with two attached hydrogens (primary N) is 1. The zero-order valence-corrected chi connectivity index (χ0v) is 11.9. The number of aryl methyl sites for hydroxylation is 1. The Morgan fingerprint density at radius 1 is 1.26 bits per heavy atom. The summed E-state index contributed by atoms with van der Waals surface area (Å²) in [6.07, 6.45) is 1.77. The fraction of sp³-hybridized carbons (Fsp3) is 0.286. The van der Waals surface area contributed by atoms with E-state index in [0.29, 0.717) is 6.54 Å². The fourth-order valence-electron chi connectivity index (χ4n) is 1.68. The molecule has 2 aromatic rings. The molecule has 0 aliphatic rings. The Labute approximate surface area is 117 Å². The average Bonchev–Trinajstić information content (AvgIpc) is 2.45. The van der Waals surface area contributed by atoms with Crippen molar-refractivity contribution < 1.29 is 4.74 Å². The lowest BCUT2D eigenvalue weighted by Crippen LogP contribution is -2.10. The monoisotopic (exact) mass is 275 g/mol. The SMILES string of the molecule is COc1ccc(C(CN)Sc2nccc(C)n2)cc1. The molecule has 0 saturated carbocycles. The van der Waals surface area contributed by atoms with E-state index in [2.05, 4.69) is 9.97 Å². The van der Waals surface area contributed by atoms with Crippen LogP contribution in [0.3, 0.4) is 0 Å². The van der Waals surface area contributed by atoms with E-state index in [0.717, 1.165) is 22.2 Å². The summed E-state index contributed by atoms with van der Waals surface area (Å²) < 4.78 is 5.15. The number of hydrogen-bond donors (Lipinski definition) is 1. The van der Waals surface area contributed by atoms with Gasteiger partial charge in [-0.25, -0.2) is 9.97 Å². The molecule has 100 valence electrons. The van der Waals surface area contributed by atoms with Gasteiger partial charge in [0.15, 0.2) is 5.16 Å². The molecule has 1 unspecified atom stereocenters. The van der Waals surface area contributed by atoms with Gasteiger partial charge in [-0.05, 0) is 30.7 Å². The second-order valence-corrected chi connectivity index (χ2v) is 5.27. The number of thioether (sulfide) groups is 1. The first kappa shape index (κ1) is 13.8. The molecule has 0 amide bonds. The van der Waals surface area contributed by atoms with Gasteiger partial charge in [0.25, 0.3) is 0 Å². The molecule has 0 aliphatic heterocycles. The van der Waals surface area contributed by atoms with Crippen LogP contribution in [0.2, 0.25) is 0 Å². The second kappa shape index (κ2) is 6.54. The molecule has 19 heavy (non-hydrogen) atoms. The quantitative estimate of drug-likeness (QED) is 0.671. The van der Waals surface area contributed by atoms with Crippen molar-refractivity contribution in [2.24, 2.45) is 5.73 Å². The van der Waals surface area contributed by atoms with Gasteiger partial charge < -0.3 is 10.5 Å². The maximum absolute atomic E-state index is 5.85. The fourth-order valence-corrected chi connectivity index (χ4v) is 2.64. The van der Waals surface area contributed by atoms with Crippen LogP contribution < -0.4 is 10.5 Å². The molecule has 0 bridgehead atoms. The lowest BCUT2D eigenvalue weighted by Gasteiger charge is -2.14. The Balaban J connectivity index is 2.15. The van der Waals surface area contributed by atoms with Crippen molar-refractivity contribution in [2.75, 3.05) is 13.7 Å². The lowest BCUT2D eigenvalue weighted by atomic mass is 10.1. The highest BCUT2D eigenvalue weighted by molar-refractivity contribution is 7.99. The summed E-state index contributed by atoms with van der Waals surface area (Å²) in [7, 11) is 1.66. The second-order valence-electron chi connectivity index (χ2n) is 4.10. The molecule has 1 atom stereocenters. The Morgan fingerprint density at radius 2 is 2.00 bits per heavy atom. The number of ether oxygens (including phenoxy) is 1. The first-order valence-electron chi connectivity index (χ1n) is 6.03. The number of rotatable bonds is 5. The number of hydrogen-bond acceptors (Lipinski definition) is 5. The molecular formula is C14H17N3OS. The van der Waals surface area contributed by atoms with Gasteiger partial charge >= 0.3 is 0 Å². The van der Waals surface area contributed by atoms with Crippen molar-refractivity contribution in [3.63, 3.8) is 0 Å². The van der Waals surface area contributed by atoms with E-state index in [9.17, 15) is 0 Å². The Hall–Kier alpha value is -1.59. The highest BCUT2D eigenvalue weighted by Crippen LogP contribution is 2.32. The summed E-state index contributed by atoms with van der Waals surface area (Å²) in [5, 5.41) is 0.902. The Kier molecular flexibility index (Phi) is 4.76. The van der Waals surface area contributed by atoms with Gasteiger partial charge in [0, 0.05) is 23.7 Å². The first-order chi connectivity index (χ1) is 9.22. The van der Waals surface area contributed by atoms with Crippen molar-refractivity contribution in [1.82, 2.24) is 9.97 Å². The summed E-state index contributed by atoms with van der Waals surface area (Å²) in [4.78, 5) is 8.65. The van der Waals surface area contributed by atoms with E-state index in [1.165, 1.54) is 0 Å². The van der Waals surface area contributed by atoms with E-state index < -0.39 is 0 Å². The third kappa shape index (κ3) is 3.68. The number of aromatic nitrogens is 2. The predicted octanol–water partition coefficient (Wildman–Crippen LogP) is 2.59. The maximum Gasteiger partial charge on any atom is 0.188 e. The van der Waals surface area contributed by atoms with Gasteiger partial charge in [-0.3, -0.25) is 0 Å². The zero-order valence-electron chi connectivity index (χ0n) is 11.0. The standard InChI is InChI=1S/C14H17N3OS/c1-10-7-8-16-14(17-10)19-13(9-15)11-3-5-12(18-2)6-4-11/h3-8,13H,9,15H2,1-2H3. The minimum atomic E-state index is 0.146. The first-order valence-corrected chi connectivity index (χ1v) is 6.91. The predicted molar refractivity (Wildman–Crippen MR) is 77.4 cm³/mol. The molecule has 2 N–H and O–H groups in total. The van der Waals surface area contributed by atoms with E-state index in [1.807, 2.05) is 37.3 Å². The zero-order chi connectivity index (χ0) is 13.7. The molecule has 1 heterocycles. The molecule has 0 radical (unpaired) electrons. The highest BCUT2D eigenvalue weighted by Gasteiger charge is 2.13. The van der Waals surface area contributed by atoms with Crippen molar-refractivity contribution in [3.05, 3.63) is 47.8 Å². The van der Waals surface area contributed by atoms with Crippen LogP contribution in [0.25, 0.3) is 0 Å². The Morgan fingerprint density at radius 3 is 2.58 bits per heavy atom. The maximum atomic E-state index is 5.85. The third-order valence-corrected chi connectivity index (χ3v) is 3.88. The van der Waals surface area contributed by atoms with E-state index in [4.69, 9.17) is 10.5 Å². The number of methoxy groups -OCH3 is 1. The van der Waals surface area contributed by atoms with Crippen molar-refractivity contribution in [1.29, 1.82) is 0 Å². The van der Waals surface area contributed by atoms with Crippen molar-refractivity contribution in [3.8, 4) is 5.75 Å². The summed E-state index contributed by atoms with van der Waals surface area (Å²) in [5.74, 6) is 0.844. The van der Waals surface area contributed by atoms with Crippen LogP contribution in [-0.2, 0) is 0 Å². The van der Waals surface area contributed by atoms with E-state index in [1.54, 1.807) is 25.1 Å². The van der Waals surface area contributed by atoms with Crippen LogP contribution in [0.5, 0.6) is 5.75 Å². The van der Waals surface area contributed by atoms with Crippen molar-refractivity contribution in [2.45, 2.75) is 17.3 Å². The summed E-state index contributed by atoms with van der Waals surface area (Å²) in [6.45, 7) is 2.49. The topological polar surface area (TPSA) is 61.0 Å². The smallest absolute Gasteiger partial charge is 0.188 e. The molecule has 4 nitrogen and oxygen atoms in total. The van der Waals surface area contributed by atoms with Gasteiger partial charge in [0.05, 0.1) is 7.11 Å². The van der Waals surface area contributed by atoms with E-state index >= 15 is 0 Å². The molecule has 0 aliphatic carbocycles. The lowest BCUT2D eigenvalue weighted by molar-refractivity contribution is 0.414. The molecule has 5 heteroatoms. The summed E-state index contributed by atoms with van der Waals surface area (Å²) in [6, 6.07) is 9.82. The molecular weight excluding hydrogens is 258 g/mol. The highest BCUT2D eigenvalue weighted by atomic mass is 32.2. The van der Waals surface area contributed by atoms with Crippen LogP contribution in [0, 0.1) is 6.92 Å². The van der Waals surface area contributed by atoms with Crippen LogP contribution >= 0.6 is 11.8 Å². The van der Waals surface area contributed by atoms with Gasteiger partial charge in [0.2, 0.25) is 0 Å². The molecule has 1 aromatic heterocycles. The van der Waals surface area contributed by atoms with Gasteiger partial charge in [0.1, 0.15) is 5.75 Å². The van der Waals surface area contributed by atoms with Gasteiger partial charge in [-0.1, -0.05) is 23.9 Å². The summed E-state index contributed by atoms with van der Waals surface area (Å²) in [5.41, 5.74) is 7.97. The third-order valence-electron chi connectivity index (χ3n) is 2.72. The van der Waals surface area contributed by atoms with Crippen molar-refractivity contribution >= 4 is 11.8 Å². The molecule has 1 aromatic carbocycles. The van der Waals surface area contributed by atoms with E-state index in [-0.39, 0.29) is 5.25 Å². The average molecular weight is 275 g/mol. The molecule has 2 rings (SSSR count). The molecule has 0 saturated heterocycles. The Bertz CT molecular complexity index is 530. The van der Waals surface area contributed by atoms with Gasteiger partial charge in [-0.15, -0.1) is 0 Å². The van der Waals surface area contributed by atoms with Crippen LogP contribution in [0.15, 0.2) is 41.7 Å². The number of benzene rings is 1. The van der Waals surface area contributed by atoms with Gasteiger partial charge in [-0.2, -0.15) is 0 Å². The minimum Gasteiger partial charge on any atom is -0.497 e. The molecule has 0 fully saturated rings. The van der Waals surface area contributed by atoms with Crippen LogP contribution in [0.4, 0.5) is 0 Å². The van der Waals surface area contributed by atoms with Crippen LogP contribution in [0.1, 0.15) is 16.5 Å². The largest absolute Gasteiger partial charge is 0.497 e. The normalized spacial score (nSPS) is 12.2.